The lowest BCUT2D eigenvalue weighted by atomic mass is 9.89. The van der Waals surface area contributed by atoms with Crippen LogP contribution in [0, 0.1) is 0 Å². The fourth-order valence-corrected chi connectivity index (χ4v) is 4.71. The molecule has 1 spiro atoms. The summed E-state index contributed by atoms with van der Waals surface area (Å²) < 4.78 is 21.3. The number of amides is 1. The van der Waals surface area contributed by atoms with Crippen LogP contribution in [-0.4, -0.2) is 53.3 Å². The summed E-state index contributed by atoms with van der Waals surface area (Å²) in [6.45, 7) is 0.861. The quantitative estimate of drug-likeness (QED) is 0.653. The van der Waals surface area contributed by atoms with Crippen LogP contribution in [0.3, 0.4) is 0 Å². The van der Waals surface area contributed by atoms with Gasteiger partial charge in [-0.25, -0.2) is 9.37 Å². The van der Waals surface area contributed by atoms with E-state index in [1.54, 1.807) is 6.20 Å². The van der Waals surface area contributed by atoms with Gasteiger partial charge in [0.25, 0.3) is 5.91 Å². The minimum absolute atomic E-state index is 0.0115. The van der Waals surface area contributed by atoms with Gasteiger partial charge in [0.1, 0.15) is 18.0 Å². The Morgan fingerprint density at radius 1 is 1.13 bits per heavy atom. The predicted octanol–water partition coefficient (Wildman–Crippen LogP) is 3.17. The van der Waals surface area contributed by atoms with Crippen molar-refractivity contribution in [3.8, 4) is 11.6 Å². The first-order valence-electron chi connectivity index (χ1n) is 10.2. The largest absolute Gasteiger partial charge is 0.484 e. The first kappa shape index (κ1) is 18.7. The number of carbonyl (C=O) groups is 1. The highest BCUT2D eigenvalue weighted by atomic mass is 19.1. The van der Waals surface area contributed by atoms with Gasteiger partial charge in [-0.3, -0.25) is 4.79 Å². The Kier molecular flexibility index (Phi) is 4.65. The van der Waals surface area contributed by atoms with Crippen LogP contribution in [0.2, 0.25) is 0 Å². The summed E-state index contributed by atoms with van der Waals surface area (Å²) in [5, 5.41) is 0. The van der Waals surface area contributed by atoms with Gasteiger partial charge in [-0.1, -0.05) is 18.2 Å². The fourth-order valence-electron chi connectivity index (χ4n) is 4.71. The van der Waals surface area contributed by atoms with Crippen molar-refractivity contribution in [2.24, 2.45) is 0 Å². The number of alkyl halides is 1. The van der Waals surface area contributed by atoms with Crippen LogP contribution in [-0.2, 0) is 10.3 Å². The summed E-state index contributed by atoms with van der Waals surface area (Å²) in [6, 6.07) is 17.2. The van der Waals surface area contributed by atoms with Gasteiger partial charge in [0.2, 0.25) is 0 Å². The van der Waals surface area contributed by atoms with Crippen molar-refractivity contribution >= 4 is 11.6 Å². The molecule has 2 aliphatic rings. The van der Waals surface area contributed by atoms with E-state index in [1.165, 1.54) is 0 Å². The molecule has 1 fully saturated rings. The molecule has 1 aromatic carbocycles. The number of aromatic nitrogens is 2. The van der Waals surface area contributed by atoms with E-state index in [4.69, 9.17) is 4.74 Å². The Balaban J connectivity index is 1.43. The van der Waals surface area contributed by atoms with E-state index in [1.807, 2.05) is 59.6 Å². The maximum absolute atomic E-state index is 13.6. The number of rotatable bonds is 5. The number of anilines is 1. The second-order valence-corrected chi connectivity index (χ2v) is 7.65. The summed E-state index contributed by atoms with van der Waals surface area (Å²) in [5.74, 6) is 1.41. The Hall–Kier alpha value is -3.35. The molecule has 7 heteroatoms. The van der Waals surface area contributed by atoms with Crippen molar-refractivity contribution in [3.63, 3.8) is 0 Å². The normalized spacial score (nSPS) is 19.6. The van der Waals surface area contributed by atoms with E-state index >= 15 is 0 Å². The summed E-state index contributed by atoms with van der Waals surface area (Å²) in [6.07, 6.45) is 4.46. The molecule has 1 saturated heterocycles. The number of hydrogen-bond donors (Lipinski definition) is 0. The monoisotopic (exact) mass is 406 g/mol. The average Bonchev–Trinajstić information content (AvgIpc) is 3.45. The van der Waals surface area contributed by atoms with E-state index in [0.29, 0.717) is 18.8 Å². The van der Waals surface area contributed by atoms with Crippen molar-refractivity contribution in [1.29, 1.82) is 0 Å². The standard InChI is InChI=1S/C23H23FN4O2/c24-11-15-28-19-8-4-12-25-22(19)27-13-5-9-20(27)23(28)10-14-26(17-23)21(29)16-30-18-6-2-1-3-7-18/h1-9,12-13H,10-11,14-17H2/t23-/m0/s1. The highest BCUT2D eigenvalue weighted by Crippen LogP contribution is 2.46. The Morgan fingerprint density at radius 2 is 2.00 bits per heavy atom. The van der Waals surface area contributed by atoms with Crippen LogP contribution in [0.15, 0.2) is 67.0 Å². The fraction of sp³-hybridized carbons (Fsp3) is 0.304. The molecule has 30 heavy (non-hydrogen) atoms. The van der Waals surface area contributed by atoms with Crippen LogP contribution >= 0.6 is 0 Å². The molecule has 0 bridgehead atoms. The van der Waals surface area contributed by atoms with Crippen LogP contribution in [0.5, 0.6) is 5.75 Å². The van der Waals surface area contributed by atoms with Crippen LogP contribution in [0.25, 0.3) is 5.82 Å². The highest BCUT2D eigenvalue weighted by Gasteiger charge is 2.50. The molecule has 5 rings (SSSR count). The molecule has 4 heterocycles. The Morgan fingerprint density at radius 3 is 2.83 bits per heavy atom. The molecule has 0 aliphatic carbocycles. The smallest absolute Gasteiger partial charge is 0.260 e. The van der Waals surface area contributed by atoms with Gasteiger partial charge in [0.05, 0.1) is 11.4 Å². The Bertz CT molecular complexity index is 1050. The van der Waals surface area contributed by atoms with E-state index in [-0.39, 0.29) is 19.1 Å². The molecule has 6 nitrogen and oxygen atoms in total. The highest BCUT2D eigenvalue weighted by molar-refractivity contribution is 5.79. The predicted molar refractivity (Wildman–Crippen MR) is 112 cm³/mol. The molecule has 0 unspecified atom stereocenters. The number of carbonyl (C=O) groups excluding carboxylic acids is 1. The molecule has 3 aromatic rings. The second-order valence-electron chi connectivity index (χ2n) is 7.65. The molecule has 0 N–H and O–H groups in total. The third-order valence-electron chi connectivity index (χ3n) is 6.04. The number of hydrogen-bond acceptors (Lipinski definition) is 4. The number of nitrogens with zero attached hydrogens (tertiary/aromatic N) is 4. The molecule has 0 saturated carbocycles. The van der Waals surface area contributed by atoms with Crippen molar-refractivity contribution in [3.05, 3.63) is 72.7 Å². The van der Waals surface area contributed by atoms with Gasteiger partial charge >= 0.3 is 0 Å². The zero-order valence-electron chi connectivity index (χ0n) is 16.6. The third-order valence-corrected chi connectivity index (χ3v) is 6.04. The van der Waals surface area contributed by atoms with Gasteiger partial charge in [-0.2, -0.15) is 0 Å². The van der Waals surface area contributed by atoms with E-state index in [9.17, 15) is 9.18 Å². The SMILES string of the molecule is O=C(COc1ccccc1)N1CC[C@]2(C1)c1cccn1-c1ncccc1N2CCF. The summed E-state index contributed by atoms with van der Waals surface area (Å²) in [7, 11) is 0. The zero-order valence-corrected chi connectivity index (χ0v) is 16.6. The molecule has 2 aromatic heterocycles. The van der Waals surface area contributed by atoms with Gasteiger partial charge in [0, 0.05) is 32.0 Å². The topological polar surface area (TPSA) is 50.6 Å². The summed E-state index contributed by atoms with van der Waals surface area (Å²) >= 11 is 0. The Labute approximate surface area is 174 Å². The first-order valence-corrected chi connectivity index (χ1v) is 10.2. The lowest BCUT2D eigenvalue weighted by molar-refractivity contribution is -0.132. The van der Waals surface area contributed by atoms with Crippen LogP contribution in [0.4, 0.5) is 10.1 Å². The van der Waals surface area contributed by atoms with Gasteiger partial charge in [0.15, 0.2) is 12.4 Å². The number of pyridine rings is 1. The summed E-state index contributed by atoms with van der Waals surface area (Å²) in [5.41, 5.74) is 1.46. The van der Waals surface area contributed by atoms with Crippen LogP contribution in [0.1, 0.15) is 12.1 Å². The zero-order chi connectivity index (χ0) is 20.6. The van der Waals surface area contributed by atoms with Gasteiger partial charge < -0.3 is 19.1 Å². The van der Waals surface area contributed by atoms with Crippen molar-refractivity contribution < 1.29 is 13.9 Å². The molecular formula is C23H23FN4O2. The number of para-hydroxylation sites is 1. The number of fused-ring (bicyclic) bond motifs is 4. The summed E-state index contributed by atoms with van der Waals surface area (Å²) in [4.78, 5) is 21.3. The molecular weight excluding hydrogens is 383 g/mol. The first-order chi connectivity index (χ1) is 14.7. The lowest BCUT2D eigenvalue weighted by Crippen LogP contribution is -2.53. The van der Waals surface area contributed by atoms with Gasteiger partial charge in [-0.05, 0) is 42.8 Å². The van der Waals surface area contributed by atoms with E-state index in [0.717, 1.165) is 23.6 Å². The number of benzene rings is 1. The number of ether oxygens (including phenoxy) is 1. The van der Waals surface area contributed by atoms with E-state index in [2.05, 4.69) is 20.5 Å². The van der Waals surface area contributed by atoms with E-state index < -0.39 is 12.2 Å². The van der Waals surface area contributed by atoms with Crippen molar-refractivity contribution in [2.45, 2.75) is 12.0 Å². The van der Waals surface area contributed by atoms with Crippen molar-refractivity contribution in [1.82, 2.24) is 14.5 Å². The molecule has 0 radical (unpaired) electrons. The maximum atomic E-state index is 13.6. The van der Waals surface area contributed by atoms with Crippen molar-refractivity contribution in [2.75, 3.05) is 37.8 Å². The maximum Gasteiger partial charge on any atom is 0.260 e. The number of halogens is 1. The molecule has 1 atom stereocenters. The average molecular weight is 406 g/mol. The lowest BCUT2D eigenvalue weighted by Gasteiger charge is -2.46. The third kappa shape index (κ3) is 2.93. The van der Waals surface area contributed by atoms with Gasteiger partial charge in [-0.15, -0.1) is 0 Å². The molecule has 2 aliphatic heterocycles. The number of likely N-dealkylation sites (tertiary alicyclic amines) is 1. The molecule has 154 valence electrons. The van der Waals surface area contributed by atoms with Crippen LogP contribution < -0.4 is 9.64 Å². The minimum Gasteiger partial charge on any atom is -0.484 e. The second kappa shape index (κ2) is 7.48. The molecule has 1 amide bonds. The minimum atomic E-state index is -0.478.